The second kappa shape index (κ2) is 8.93. The number of hydrogen-bond donors (Lipinski definition) is 1. The van der Waals surface area contributed by atoms with Crippen molar-refractivity contribution in [1.29, 1.82) is 0 Å². The third-order valence-electron chi connectivity index (χ3n) is 4.97. The first-order valence-corrected chi connectivity index (χ1v) is 10.1. The molecule has 0 saturated heterocycles. The molecule has 162 valence electrons. The number of rotatable bonds is 7. The van der Waals surface area contributed by atoms with Crippen molar-refractivity contribution < 1.29 is 23.5 Å². The average molecular weight is 432 g/mol. The van der Waals surface area contributed by atoms with Crippen LogP contribution < -0.4 is 19.7 Å². The van der Waals surface area contributed by atoms with Gasteiger partial charge in [-0.25, -0.2) is 9.29 Å². The Hall–Kier alpha value is -4.13. The van der Waals surface area contributed by atoms with Gasteiger partial charge in [0.15, 0.2) is 0 Å². The molecule has 1 heterocycles. The van der Waals surface area contributed by atoms with Crippen LogP contribution in [0.5, 0.6) is 11.5 Å². The molecule has 7 heteroatoms. The summed E-state index contributed by atoms with van der Waals surface area (Å²) in [4.78, 5) is 27.8. The number of imide groups is 1. The monoisotopic (exact) mass is 432 g/mol. The van der Waals surface area contributed by atoms with Gasteiger partial charge in [-0.15, -0.1) is 0 Å². The zero-order valence-electron chi connectivity index (χ0n) is 17.6. The minimum absolute atomic E-state index is 0.0768. The number of amides is 2. The highest BCUT2D eigenvalue weighted by Gasteiger charge is 2.40. The number of nitrogens with one attached hydrogen (secondary N) is 1. The summed E-state index contributed by atoms with van der Waals surface area (Å²) in [5, 5.41) is 3.06. The summed E-state index contributed by atoms with van der Waals surface area (Å²) in [6, 6.07) is 19.3. The third-order valence-corrected chi connectivity index (χ3v) is 4.97. The standard InChI is InChI=1S/C25H21FN2O4/c1-3-32-19-13-11-16(12-14-19)22-23(27-20-9-4-5-10-21(20)31-2)25(30)28(24(22)29)18-8-6-7-17(26)15-18/h4-15,27H,3H2,1-2H3. The summed E-state index contributed by atoms with van der Waals surface area (Å²) in [5.41, 5.74) is 1.46. The maximum Gasteiger partial charge on any atom is 0.282 e. The average Bonchev–Trinajstić information content (AvgIpc) is 3.04. The molecule has 0 radical (unpaired) electrons. The van der Waals surface area contributed by atoms with Crippen LogP contribution in [-0.4, -0.2) is 25.5 Å². The van der Waals surface area contributed by atoms with Gasteiger partial charge in [0.2, 0.25) is 0 Å². The second-order valence-corrected chi connectivity index (χ2v) is 6.96. The summed E-state index contributed by atoms with van der Waals surface area (Å²) < 4.78 is 24.7. The van der Waals surface area contributed by atoms with Crippen LogP contribution >= 0.6 is 0 Å². The molecular weight excluding hydrogens is 411 g/mol. The van der Waals surface area contributed by atoms with Crippen molar-refractivity contribution >= 4 is 28.8 Å². The van der Waals surface area contributed by atoms with Gasteiger partial charge in [-0.1, -0.05) is 30.3 Å². The zero-order chi connectivity index (χ0) is 22.7. The van der Waals surface area contributed by atoms with Crippen molar-refractivity contribution in [2.45, 2.75) is 6.92 Å². The molecule has 0 aliphatic carbocycles. The van der Waals surface area contributed by atoms with Gasteiger partial charge in [0.25, 0.3) is 11.8 Å². The van der Waals surface area contributed by atoms with E-state index in [0.29, 0.717) is 29.4 Å². The lowest BCUT2D eigenvalue weighted by molar-refractivity contribution is -0.120. The smallest absolute Gasteiger partial charge is 0.282 e. The number of carbonyl (C=O) groups is 2. The molecule has 3 aromatic rings. The molecule has 0 fully saturated rings. The zero-order valence-corrected chi connectivity index (χ0v) is 17.6. The Kier molecular flexibility index (Phi) is 5.89. The number of benzene rings is 3. The van der Waals surface area contributed by atoms with Crippen LogP contribution in [0.15, 0.2) is 78.5 Å². The van der Waals surface area contributed by atoms with E-state index in [0.717, 1.165) is 11.0 Å². The van der Waals surface area contributed by atoms with Crippen molar-refractivity contribution in [3.05, 3.63) is 89.9 Å². The van der Waals surface area contributed by atoms with Crippen molar-refractivity contribution in [2.24, 2.45) is 0 Å². The lowest BCUT2D eigenvalue weighted by atomic mass is 10.0. The van der Waals surface area contributed by atoms with Crippen LogP contribution in [-0.2, 0) is 9.59 Å². The largest absolute Gasteiger partial charge is 0.495 e. The van der Waals surface area contributed by atoms with Crippen molar-refractivity contribution in [3.63, 3.8) is 0 Å². The second-order valence-electron chi connectivity index (χ2n) is 6.96. The van der Waals surface area contributed by atoms with Crippen molar-refractivity contribution in [1.82, 2.24) is 0 Å². The summed E-state index contributed by atoms with van der Waals surface area (Å²) in [7, 11) is 1.52. The van der Waals surface area contributed by atoms with E-state index in [1.165, 1.54) is 25.3 Å². The van der Waals surface area contributed by atoms with E-state index in [9.17, 15) is 14.0 Å². The maximum atomic E-state index is 13.8. The quantitative estimate of drug-likeness (QED) is 0.552. The molecule has 3 aromatic carbocycles. The summed E-state index contributed by atoms with van der Waals surface area (Å²) in [6.45, 7) is 2.38. The van der Waals surface area contributed by atoms with E-state index in [2.05, 4.69) is 5.32 Å². The molecule has 1 aliphatic heterocycles. The van der Waals surface area contributed by atoms with Gasteiger partial charge in [-0.3, -0.25) is 9.59 Å². The fraction of sp³-hybridized carbons (Fsp3) is 0.120. The van der Waals surface area contributed by atoms with Gasteiger partial charge >= 0.3 is 0 Å². The molecule has 0 saturated carbocycles. The van der Waals surface area contributed by atoms with Gasteiger partial charge in [0.1, 0.15) is 23.0 Å². The van der Waals surface area contributed by atoms with Crippen LogP contribution in [0.25, 0.3) is 5.57 Å². The first-order chi connectivity index (χ1) is 15.5. The topological polar surface area (TPSA) is 67.9 Å². The Morgan fingerprint density at radius 3 is 2.38 bits per heavy atom. The molecule has 2 amide bonds. The fourth-order valence-corrected chi connectivity index (χ4v) is 3.53. The van der Waals surface area contributed by atoms with Crippen LogP contribution in [0.2, 0.25) is 0 Å². The van der Waals surface area contributed by atoms with E-state index in [4.69, 9.17) is 9.47 Å². The van der Waals surface area contributed by atoms with Crippen molar-refractivity contribution in [3.8, 4) is 11.5 Å². The van der Waals surface area contributed by atoms with E-state index in [1.807, 2.05) is 6.92 Å². The molecule has 0 spiro atoms. The Bertz CT molecular complexity index is 1200. The predicted molar refractivity (Wildman–Crippen MR) is 120 cm³/mol. The molecular formula is C25H21FN2O4. The first-order valence-electron chi connectivity index (χ1n) is 10.1. The third kappa shape index (κ3) is 3.92. The number of nitrogens with zero attached hydrogens (tertiary/aromatic N) is 1. The number of carbonyl (C=O) groups excluding carboxylic acids is 2. The van der Waals surface area contributed by atoms with Gasteiger partial charge < -0.3 is 14.8 Å². The highest BCUT2D eigenvalue weighted by molar-refractivity contribution is 6.46. The van der Waals surface area contributed by atoms with E-state index in [1.54, 1.807) is 48.5 Å². The maximum absolute atomic E-state index is 13.8. The van der Waals surface area contributed by atoms with E-state index >= 15 is 0 Å². The van der Waals surface area contributed by atoms with Gasteiger partial charge in [-0.05, 0) is 55.0 Å². The normalized spacial score (nSPS) is 13.5. The SMILES string of the molecule is CCOc1ccc(C2=C(Nc3ccccc3OC)C(=O)N(c3cccc(F)c3)C2=O)cc1. The lowest BCUT2D eigenvalue weighted by Crippen LogP contribution is -2.32. The number of anilines is 2. The molecule has 1 N–H and O–H groups in total. The molecule has 0 atom stereocenters. The Labute approximate surface area is 184 Å². The number of methoxy groups -OCH3 is 1. The number of ether oxygens (including phenoxy) is 2. The van der Waals surface area contributed by atoms with Crippen LogP contribution in [0, 0.1) is 5.82 Å². The highest BCUT2D eigenvalue weighted by atomic mass is 19.1. The number of halogens is 1. The summed E-state index contributed by atoms with van der Waals surface area (Å²) in [6.07, 6.45) is 0. The summed E-state index contributed by atoms with van der Waals surface area (Å²) >= 11 is 0. The highest BCUT2D eigenvalue weighted by Crippen LogP contribution is 2.36. The van der Waals surface area contributed by atoms with E-state index < -0.39 is 17.6 Å². The van der Waals surface area contributed by atoms with Crippen molar-refractivity contribution in [2.75, 3.05) is 23.9 Å². The lowest BCUT2D eigenvalue weighted by Gasteiger charge is -2.16. The Morgan fingerprint density at radius 1 is 0.938 bits per heavy atom. The molecule has 0 unspecified atom stereocenters. The molecule has 6 nitrogen and oxygen atoms in total. The van der Waals surface area contributed by atoms with Crippen LogP contribution in [0.4, 0.5) is 15.8 Å². The molecule has 0 bridgehead atoms. The Morgan fingerprint density at radius 2 is 1.69 bits per heavy atom. The number of para-hydroxylation sites is 2. The van der Waals surface area contributed by atoms with Gasteiger partial charge in [0.05, 0.1) is 30.7 Å². The molecule has 0 aromatic heterocycles. The van der Waals surface area contributed by atoms with Crippen LogP contribution in [0.1, 0.15) is 12.5 Å². The number of hydrogen-bond acceptors (Lipinski definition) is 5. The van der Waals surface area contributed by atoms with Gasteiger partial charge in [-0.2, -0.15) is 0 Å². The molecule has 4 rings (SSSR count). The summed E-state index contributed by atoms with van der Waals surface area (Å²) in [5.74, 6) is -0.528. The minimum Gasteiger partial charge on any atom is -0.495 e. The molecule has 1 aliphatic rings. The van der Waals surface area contributed by atoms with E-state index in [-0.39, 0.29) is 17.0 Å². The van der Waals surface area contributed by atoms with Gasteiger partial charge in [0, 0.05) is 0 Å². The van der Waals surface area contributed by atoms with Crippen LogP contribution in [0.3, 0.4) is 0 Å². The Balaban J connectivity index is 1.82. The minimum atomic E-state index is -0.588. The predicted octanol–water partition coefficient (Wildman–Crippen LogP) is 4.63. The fourth-order valence-electron chi connectivity index (χ4n) is 3.53. The molecule has 32 heavy (non-hydrogen) atoms. The first kappa shape index (κ1) is 21.1.